The molecule has 0 atom stereocenters. The standard InChI is InChI=1S/C17H24N4O/c1-17(2)11-12(20-6-4-5-7-20)10-13-14(17)15(22)21-9-8-19(3)16(21)18-13/h10H,4-9,11H2,1-3H3. The van der Waals surface area contributed by atoms with Crippen molar-refractivity contribution in [3.05, 3.63) is 27.3 Å². The molecule has 3 heterocycles. The summed E-state index contributed by atoms with van der Waals surface area (Å²) in [7, 11) is 2.01. The normalized spacial score (nSPS) is 22.6. The van der Waals surface area contributed by atoms with E-state index < -0.39 is 0 Å². The Morgan fingerprint density at radius 3 is 2.59 bits per heavy atom. The van der Waals surface area contributed by atoms with Crippen molar-refractivity contribution in [2.24, 2.45) is 0 Å². The van der Waals surface area contributed by atoms with Crippen molar-refractivity contribution >= 4 is 12.0 Å². The van der Waals surface area contributed by atoms with Gasteiger partial charge in [0, 0.05) is 49.9 Å². The molecule has 5 heteroatoms. The number of fused-ring (bicyclic) bond motifs is 2. The molecule has 0 saturated carbocycles. The highest BCUT2D eigenvalue weighted by atomic mass is 16.1. The van der Waals surface area contributed by atoms with Gasteiger partial charge in [0.2, 0.25) is 5.95 Å². The van der Waals surface area contributed by atoms with Gasteiger partial charge in [-0.05, 0) is 25.3 Å². The molecule has 1 fully saturated rings. The minimum atomic E-state index is -0.144. The third kappa shape index (κ3) is 1.91. The van der Waals surface area contributed by atoms with Gasteiger partial charge in [-0.3, -0.25) is 9.36 Å². The maximum atomic E-state index is 12.9. The number of nitrogens with zero attached hydrogens (tertiary/aromatic N) is 4. The van der Waals surface area contributed by atoms with E-state index in [2.05, 4.69) is 29.7 Å². The van der Waals surface area contributed by atoms with Crippen LogP contribution in [0.3, 0.4) is 0 Å². The summed E-state index contributed by atoms with van der Waals surface area (Å²) in [6, 6.07) is 0. The Morgan fingerprint density at radius 1 is 1.14 bits per heavy atom. The molecular weight excluding hydrogens is 276 g/mol. The second-order valence-corrected chi connectivity index (χ2v) is 7.44. The predicted molar refractivity (Wildman–Crippen MR) is 88.2 cm³/mol. The second-order valence-electron chi connectivity index (χ2n) is 7.44. The largest absolute Gasteiger partial charge is 0.375 e. The lowest BCUT2D eigenvalue weighted by Crippen LogP contribution is -2.38. The molecule has 1 aromatic rings. The van der Waals surface area contributed by atoms with Crippen LogP contribution in [0.5, 0.6) is 0 Å². The highest BCUT2D eigenvalue weighted by Gasteiger charge is 2.36. The molecule has 118 valence electrons. The van der Waals surface area contributed by atoms with Gasteiger partial charge >= 0.3 is 0 Å². The monoisotopic (exact) mass is 300 g/mol. The fourth-order valence-corrected chi connectivity index (χ4v) is 4.10. The van der Waals surface area contributed by atoms with Crippen molar-refractivity contribution in [1.29, 1.82) is 0 Å². The number of likely N-dealkylation sites (N-methyl/N-ethyl adjacent to an activating group) is 1. The van der Waals surface area contributed by atoms with Gasteiger partial charge in [0.25, 0.3) is 5.56 Å². The molecule has 0 amide bonds. The topological polar surface area (TPSA) is 41.4 Å². The van der Waals surface area contributed by atoms with E-state index in [-0.39, 0.29) is 11.0 Å². The van der Waals surface area contributed by atoms with E-state index in [4.69, 9.17) is 4.98 Å². The summed E-state index contributed by atoms with van der Waals surface area (Å²) < 4.78 is 1.84. The molecule has 2 aliphatic heterocycles. The molecule has 5 nitrogen and oxygen atoms in total. The molecular formula is C17H24N4O. The van der Waals surface area contributed by atoms with Gasteiger partial charge in [0.1, 0.15) is 0 Å². The van der Waals surface area contributed by atoms with Gasteiger partial charge in [-0.15, -0.1) is 0 Å². The molecule has 3 aliphatic rings. The number of aromatic nitrogens is 2. The fourth-order valence-electron chi connectivity index (χ4n) is 4.10. The highest BCUT2D eigenvalue weighted by Crippen LogP contribution is 2.38. The van der Waals surface area contributed by atoms with Gasteiger partial charge in [-0.25, -0.2) is 4.98 Å². The van der Waals surface area contributed by atoms with Crippen molar-refractivity contribution < 1.29 is 0 Å². The zero-order chi connectivity index (χ0) is 15.5. The van der Waals surface area contributed by atoms with Crippen molar-refractivity contribution in [3.63, 3.8) is 0 Å². The predicted octanol–water partition coefficient (Wildman–Crippen LogP) is 1.81. The number of likely N-dealkylation sites (tertiary alicyclic amines) is 1. The number of hydrogen-bond acceptors (Lipinski definition) is 4. The molecule has 1 aromatic heterocycles. The Bertz CT molecular complexity index is 710. The van der Waals surface area contributed by atoms with Crippen LogP contribution in [-0.4, -0.2) is 41.1 Å². The van der Waals surface area contributed by atoms with E-state index >= 15 is 0 Å². The molecule has 0 aromatic carbocycles. The van der Waals surface area contributed by atoms with E-state index in [1.807, 2.05) is 11.6 Å². The van der Waals surface area contributed by atoms with Gasteiger partial charge in [0.05, 0.1) is 5.69 Å². The molecule has 4 rings (SSSR count). The fraction of sp³-hybridized carbons (Fsp3) is 0.647. The lowest BCUT2D eigenvalue weighted by molar-refractivity contribution is 0.364. The van der Waals surface area contributed by atoms with Gasteiger partial charge < -0.3 is 9.80 Å². The molecule has 0 spiro atoms. The Kier molecular flexibility index (Phi) is 2.90. The Morgan fingerprint density at radius 2 is 1.86 bits per heavy atom. The summed E-state index contributed by atoms with van der Waals surface area (Å²) in [5.74, 6) is 0.818. The Labute approximate surface area is 131 Å². The van der Waals surface area contributed by atoms with Gasteiger partial charge in [0.15, 0.2) is 0 Å². The lowest BCUT2D eigenvalue weighted by atomic mass is 9.76. The van der Waals surface area contributed by atoms with Gasteiger partial charge in [-0.1, -0.05) is 13.8 Å². The van der Waals surface area contributed by atoms with E-state index in [0.29, 0.717) is 0 Å². The van der Waals surface area contributed by atoms with Gasteiger partial charge in [-0.2, -0.15) is 0 Å². The molecule has 0 unspecified atom stereocenters. The third-order valence-electron chi connectivity index (χ3n) is 5.29. The van der Waals surface area contributed by atoms with Crippen LogP contribution in [0, 0.1) is 0 Å². The first-order chi connectivity index (χ1) is 10.5. The van der Waals surface area contributed by atoms with E-state index in [1.54, 1.807) is 0 Å². The summed E-state index contributed by atoms with van der Waals surface area (Å²) in [6.45, 7) is 8.27. The maximum absolute atomic E-state index is 12.9. The summed E-state index contributed by atoms with van der Waals surface area (Å²) in [5.41, 5.74) is 3.16. The highest BCUT2D eigenvalue weighted by molar-refractivity contribution is 5.60. The van der Waals surface area contributed by atoms with Crippen LogP contribution in [0.1, 0.15) is 44.4 Å². The third-order valence-corrected chi connectivity index (χ3v) is 5.29. The first-order valence-corrected chi connectivity index (χ1v) is 8.29. The van der Waals surface area contributed by atoms with Crippen LogP contribution < -0.4 is 10.5 Å². The molecule has 1 saturated heterocycles. The summed E-state index contributed by atoms with van der Waals surface area (Å²) >= 11 is 0. The van der Waals surface area contributed by atoms with Crippen molar-refractivity contribution in [1.82, 2.24) is 14.5 Å². The number of hydrogen-bond donors (Lipinski definition) is 0. The average Bonchev–Trinajstić information content (AvgIpc) is 3.08. The van der Waals surface area contributed by atoms with Crippen LogP contribution >= 0.6 is 0 Å². The molecule has 0 radical (unpaired) electrons. The SMILES string of the molecule is CN1CCn2c1nc1c(c2=O)C(C)(C)CC(N2CCCC2)=C1. The zero-order valence-electron chi connectivity index (χ0n) is 13.7. The first-order valence-electron chi connectivity index (χ1n) is 8.29. The summed E-state index contributed by atoms with van der Waals surface area (Å²) in [6.07, 6.45) is 5.65. The first kappa shape index (κ1) is 13.9. The minimum absolute atomic E-state index is 0.144. The molecule has 0 bridgehead atoms. The van der Waals surface area contributed by atoms with E-state index in [9.17, 15) is 4.79 Å². The van der Waals surface area contributed by atoms with Crippen LogP contribution in [-0.2, 0) is 12.0 Å². The second kappa shape index (κ2) is 4.61. The quantitative estimate of drug-likeness (QED) is 0.793. The van der Waals surface area contributed by atoms with E-state index in [0.717, 1.165) is 49.8 Å². The van der Waals surface area contributed by atoms with Crippen molar-refractivity contribution in [2.45, 2.75) is 45.1 Å². The minimum Gasteiger partial charge on any atom is -0.375 e. The smallest absolute Gasteiger partial charge is 0.259 e. The van der Waals surface area contributed by atoms with Crippen molar-refractivity contribution in [3.8, 4) is 0 Å². The molecule has 22 heavy (non-hydrogen) atoms. The Hall–Kier alpha value is -1.78. The average molecular weight is 300 g/mol. The van der Waals surface area contributed by atoms with Crippen LogP contribution in [0.15, 0.2) is 10.5 Å². The van der Waals surface area contributed by atoms with Crippen LogP contribution in [0.25, 0.3) is 6.08 Å². The summed E-state index contributed by atoms with van der Waals surface area (Å²) in [5, 5.41) is 0. The zero-order valence-corrected chi connectivity index (χ0v) is 13.7. The number of rotatable bonds is 1. The van der Waals surface area contributed by atoms with Crippen molar-refractivity contribution in [2.75, 3.05) is 31.6 Å². The molecule has 0 N–H and O–H groups in total. The Balaban J connectivity index is 1.89. The van der Waals surface area contributed by atoms with Crippen LogP contribution in [0.4, 0.5) is 5.95 Å². The summed E-state index contributed by atoms with van der Waals surface area (Å²) in [4.78, 5) is 22.3. The lowest BCUT2D eigenvalue weighted by Gasteiger charge is -2.35. The number of anilines is 1. The number of allylic oxidation sites excluding steroid dienone is 1. The van der Waals surface area contributed by atoms with Crippen LogP contribution in [0.2, 0.25) is 0 Å². The van der Waals surface area contributed by atoms with E-state index in [1.165, 1.54) is 18.5 Å². The molecule has 1 aliphatic carbocycles. The maximum Gasteiger partial charge on any atom is 0.259 e.